The molecule has 1 heterocycles. The standard InChI is InChI=1S/C8H8N4O2/c9-12(8(13)14)7-3-1-2-6-5(7)4-10-11-6/h1-4H,9H2,(H,10,11)(H,13,14). The molecule has 0 atom stereocenters. The number of fused-ring (bicyclic) bond motifs is 1. The van der Waals surface area contributed by atoms with Gasteiger partial charge in [-0.2, -0.15) is 5.10 Å². The topological polar surface area (TPSA) is 95.2 Å². The molecule has 72 valence electrons. The predicted octanol–water partition coefficient (Wildman–Crippen LogP) is 0.921. The molecule has 0 aliphatic heterocycles. The molecule has 0 saturated heterocycles. The van der Waals surface area contributed by atoms with Crippen LogP contribution in [0.2, 0.25) is 0 Å². The van der Waals surface area contributed by atoms with Crippen LogP contribution in [-0.4, -0.2) is 21.4 Å². The van der Waals surface area contributed by atoms with Gasteiger partial charge < -0.3 is 5.11 Å². The molecule has 1 amide bonds. The van der Waals surface area contributed by atoms with Gasteiger partial charge in [-0.25, -0.2) is 15.6 Å². The van der Waals surface area contributed by atoms with Crippen LogP contribution in [0.4, 0.5) is 10.5 Å². The normalized spacial score (nSPS) is 10.4. The summed E-state index contributed by atoms with van der Waals surface area (Å²) in [6.45, 7) is 0. The van der Waals surface area contributed by atoms with Gasteiger partial charge >= 0.3 is 6.09 Å². The van der Waals surface area contributed by atoms with Gasteiger partial charge in [-0.15, -0.1) is 0 Å². The Balaban J connectivity index is 2.61. The first-order chi connectivity index (χ1) is 6.70. The van der Waals surface area contributed by atoms with E-state index in [2.05, 4.69) is 10.2 Å². The first-order valence-electron chi connectivity index (χ1n) is 3.90. The third-order valence-corrected chi connectivity index (χ3v) is 1.93. The average Bonchev–Trinajstić information content (AvgIpc) is 2.63. The summed E-state index contributed by atoms with van der Waals surface area (Å²) in [4.78, 5) is 10.6. The van der Waals surface area contributed by atoms with Crippen molar-refractivity contribution >= 4 is 22.7 Å². The molecule has 0 bridgehead atoms. The lowest BCUT2D eigenvalue weighted by molar-refractivity contribution is 0.202. The van der Waals surface area contributed by atoms with E-state index in [0.29, 0.717) is 16.1 Å². The Morgan fingerprint density at radius 1 is 1.57 bits per heavy atom. The first kappa shape index (κ1) is 8.52. The molecule has 14 heavy (non-hydrogen) atoms. The monoisotopic (exact) mass is 192 g/mol. The highest BCUT2D eigenvalue weighted by molar-refractivity contribution is 5.98. The van der Waals surface area contributed by atoms with E-state index in [1.54, 1.807) is 18.2 Å². The number of hydrogen-bond donors (Lipinski definition) is 3. The van der Waals surface area contributed by atoms with Crippen LogP contribution in [0.5, 0.6) is 0 Å². The number of hydrogen-bond acceptors (Lipinski definition) is 3. The van der Waals surface area contributed by atoms with E-state index in [-0.39, 0.29) is 0 Å². The van der Waals surface area contributed by atoms with Gasteiger partial charge in [-0.05, 0) is 12.1 Å². The van der Waals surface area contributed by atoms with Crippen LogP contribution in [-0.2, 0) is 0 Å². The van der Waals surface area contributed by atoms with E-state index in [4.69, 9.17) is 10.9 Å². The minimum Gasteiger partial charge on any atom is -0.464 e. The molecule has 0 radical (unpaired) electrons. The zero-order valence-electron chi connectivity index (χ0n) is 7.14. The Labute approximate surface area is 78.9 Å². The Hall–Kier alpha value is -2.08. The largest absolute Gasteiger partial charge is 0.464 e. The van der Waals surface area contributed by atoms with Gasteiger partial charge in [0.2, 0.25) is 0 Å². The molecule has 0 aliphatic rings. The fraction of sp³-hybridized carbons (Fsp3) is 0. The fourth-order valence-electron chi connectivity index (χ4n) is 1.27. The second-order valence-electron chi connectivity index (χ2n) is 2.76. The predicted molar refractivity (Wildman–Crippen MR) is 50.8 cm³/mol. The zero-order chi connectivity index (χ0) is 10.1. The van der Waals surface area contributed by atoms with Crippen LogP contribution < -0.4 is 10.9 Å². The second kappa shape index (κ2) is 3.00. The number of nitrogens with one attached hydrogen (secondary N) is 1. The highest BCUT2D eigenvalue weighted by Crippen LogP contribution is 2.23. The van der Waals surface area contributed by atoms with Gasteiger partial charge in [0, 0.05) is 5.39 Å². The number of nitrogens with zero attached hydrogens (tertiary/aromatic N) is 2. The molecular formula is C8H8N4O2. The molecule has 0 aliphatic carbocycles. The van der Waals surface area contributed by atoms with Crippen molar-refractivity contribution in [3.05, 3.63) is 24.4 Å². The van der Waals surface area contributed by atoms with Gasteiger partial charge in [-0.3, -0.25) is 5.10 Å². The summed E-state index contributed by atoms with van der Waals surface area (Å²) in [5.74, 6) is 5.36. The minimum atomic E-state index is -1.21. The summed E-state index contributed by atoms with van der Waals surface area (Å²) in [6, 6.07) is 5.12. The van der Waals surface area contributed by atoms with E-state index in [1.165, 1.54) is 6.20 Å². The Bertz CT molecular complexity index is 479. The van der Waals surface area contributed by atoms with Crippen LogP contribution >= 0.6 is 0 Å². The lowest BCUT2D eigenvalue weighted by Gasteiger charge is -2.12. The van der Waals surface area contributed by atoms with Gasteiger partial charge in [0.25, 0.3) is 0 Å². The molecule has 1 aromatic heterocycles. The number of rotatable bonds is 1. The first-order valence-corrected chi connectivity index (χ1v) is 3.90. The van der Waals surface area contributed by atoms with E-state index in [1.807, 2.05) is 0 Å². The number of amides is 1. The summed E-state index contributed by atoms with van der Waals surface area (Å²) in [5, 5.41) is 16.6. The van der Waals surface area contributed by atoms with E-state index < -0.39 is 6.09 Å². The number of H-pyrrole nitrogens is 1. The van der Waals surface area contributed by atoms with Crippen molar-refractivity contribution in [1.82, 2.24) is 10.2 Å². The SMILES string of the molecule is NN(C(=O)O)c1cccc2[nH]ncc12. The maximum absolute atomic E-state index is 10.6. The number of anilines is 1. The van der Waals surface area contributed by atoms with Crippen molar-refractivity contribution in [3.63, 3.8) is 0 Å². The number of hydrazine groups is 1. The summed E-state index contributed by atoms with van der Waals surface area (Å²) in [5.41, 5.74) is 1.16. The van der Waals surface area contributed by atoms with Gasteiger partial charge in [0.1, 0.15) is 0 Å². The molecule has 4 N–H and O–H groups in total. The minimum absolute atomic E-state index is 0.406. The molecule has 1 aromatic carbocycles. The molecule has 2 rings (SSSR count). The lowest BCUT2D eigenvalue weighted by atomic mass is 10.2. The third kappa shape index (κ3) is 1.17. The molecule has 6 nitrogen and oxygen atoms in total. The van der Waals surface area contributed by atoms with Crippen molar-refractivity contribution in [3.8, 4) is 0 Å². The fourth-order valence-corrected chi connectivity index (χ4v) is 1.27. The third-order valence-electron chi connectivity index (χ3n) is 1.93. The van der Waals surface area contributed by atoms with Crippen molar-refractivity contribution in [2.45, 2.75) is 0 Å². The van der Waals surface area contributed by atoms with E-state index >= 15 is 0 Å². The molecule has 2 aromatic rings. The Kier molecular flexibility index (Phi) is 1.83. The summed E-state index contributed by atoms with van der Waals surface area (Å²) in [6.07, 6.45) is 0.326. The van der Waals surface area contributed by atoms with Gasteiger partial charge in [0.15, 0.2) is 0 Å². The van der Waals surface area contributed by atoms with E-state index in [9.17, 15) is 4.79 Å². The molecule has 0 saturated carbocycles. The van der Waals surface area contributed by atoms with Crippen molar-refractivity contribution in [2.24, 2.45) is 5.84 Å². The quantitative estimate of drug-likeness (QED) is 0.355. The Morgan fingerprint density at radius 2 is 2.36 bits per heavy atom. The highest BCUT2D eigenvalue weighted by Gasteiger charge is 2.12. The Morgan fingerprint density at radius 3 is 3.07 bits per heavy atom. The summed E-state index contributed by atoms with van der Waals surface area (Å²) in [7, 11) is 0. The number of nitrogens with two attached hydrogens (primary N) is 1. The van der Waals surface area contributed by atoms with Crippen LogP contribution in [0.25, 0.3) is 10.9 Å². The number of aromatic nitrogens is 2. The number of aromatic amines is 1. The van der Waals surface area contributed by atoms with E-state index in [0.717, 1.165) is 5.52 Å². The summed E-state index contributed by atoms with van der Waals surface area (Å²) >= 11 is 0. The van der Waals surface area contributed by atoms with Crippen molar-refractivity contribution < 1.29 is 9.90 Å². The van der Waals surface area contributed by atoms with Gasteiger partial charge in [-0.1, -0.05) is 6.07 Å². The van der Waals surface area contributed by atoms with Gasteiger partial charge in [0.05, 0.1) is 17.4 Å². The van der Waals surface area contributed by atoms with Crippen molar-refractivity contribution in [2.75, 3.05) is 5.01 Å². The molecule has 6 heteroatoms. The molecule has 0 spiro atoms. The summed E-state index contributed by atoms with van der Waals surface area (Å²) < 4.78 is 0. The highest BCUT2D eigenvalue weighted by atomic mass is 16.4. The van der Waals surface area contributed by atoms with Crippen LogP contribution in [0.15, 0.2) is 24.4 Å². The molecule has 0 fully saturated rings. The van der Waals surface area contributed by atoms with Crippen molar-refractivity contribution in [1.29, 1.82) is 0 Å². The maximum atomic E-state index is 10.6. The average molecular weight is 192 g/mol. The number of carbonyl (C=O) groups is 1. The van der Waals surface area contributed by atoms with Crippen LogP contribution in [0.1, 0.15) is 0 Å². The number of benzene rings is 1. The molecule has 0 unspecified atom stereocenters. The zero-order valence-corrected chi connectivity index (χ0v) is 7.14. The second-order valence-corrected chi connectivity index (χ2v) is 2.76. The lowest BCUT2D eigenvalue weighted by Crippen LogP contribution is -2.36. The maximum Gasteiger partial charge on any atom is 0.426 e. The smallest absolute Gasteiger partial charge is 0.426 e. The van der Waals surface area contributed by atoms with Crippen LogP contribution in [0, 0.1) is 0 Å². The molecular weight excluding hydrogens is 184 g/mol. The number of carboxylic acid groups (broad SMARTS) is 1. The van der Waals surface area contributed by atoms with Crippen LogP contribution in [0.3, 0.4) is 0 Å².